The smallest absolute Gasteiger partial charge is 0.278 e. The van der Waals surface area contributed by atoms with E-state index in [4.69, 9.17) is 4.74 Å². The molecule has 10 nitrogen and oxygen atoms in total. The number of ether oxygens (including phenoxy) is 1. The third-order valence-electron chi connectivity index (χ3n) is 7.19. The number of hydrogen-bond donors (Lipinski definition) is 1. The van der Waals surface area contributed by atoms with Crippen molar-refractivity contribution in [2.45, 2.75) is 55.2 Å². The van der Waals surface area contributed by atoms with Crippen LogP contribution >= 0.6 is 11.3 Å². The molecule has 1 N–H and O–H groups in total. The summed E-state index contributed by atoms with van der Waals surface area (Å²) in [5, 5.41) is 9.50. The number of carbonyl (C=O) groups excluding carboxylic acids is 1. The lowest BCUT2D eigenvalue weighted by molar-refractivity contribution is -0.110. The third kappa shape index (κ3) is 6.23. The molecule has 1 aliphatic heterocycles. The minimum Gasteiger partial charge on any atom is -0.476 e. The minimum atomic E-state index is -3.31. The monoisotopic (exact) mass is 570 g/mol. The number of pyridine rings is 1. The summed E-state index contributed by atoms with van der Waals surface area (Å²) < 4.78 is 31.2. The van der Waals surface area contributed by atoms with Gasteiger partial charge < -0.3 is 9.64 Å². The summed E-state index contributed by atoms with van der Waals surface area (Å²) in [5.41, 5.74) is 1.26. The van der Waals surface area contributed by atoms with Crippen LogP contribution in [0.5, 0.6) is 5.88 Å². The van der Waals surface area contributed by atoms with Crippen LogP contribution in [-0.4, -0.2) is 84.5 Å². The fourth-order valence-corrected chi connectivity index (χ4v) is 6.50. The van der Waals surface area contributed by atoms with E-state index in [9.17, 15) is 13.2 Å². The highest BCUT2D eigenvalue weighted by Crippen LogP contribution is 2.33. The van der Waals surface area contributed by atoms with Crippen LogP contribution < -0.4 is 10.1 Å². The molecule has 0 bridgehead atoms. The molecule has 0 atom stereocenters. The summed E-state index contributed by atoms with van der Waals surface area (Å²) in [5.74, 6) is 0.0828. The van der Waals surface area contributed by atoms with Gasteiger partial charge in [-0.2, -0.15) is 5.10 Å². The van der Waals surface area contributed by atoms with E-state index in [1.807, 2.05) is 25.2 Å². The van der Waals surface area contributed by atoms with Gasteiger partial charge in [-0.25, -0.2) is 18.4 Å². The Morgan fingerprint density at radius 1 is 1.13 bits per heavy atom. The predicted molar refractivity (Wildman–Crippen MR) is 153 cm³/mol. The summed E-state index contributed by atoms with van der Waals surface area (Å²) in [6.07, 6.45) is 3.42. The number of nitrogens with zero attached hydrogens (tertiary/aromatic N) is 5. The molecular formula is C27H34N6O4S2. The molecule has 39 heavy (non-hydrogen) atoms. The van der Waals surface area contributed by atoms with Crippen LogP contribution in [-0.2, 0) is 14.6 Å². The van der Waals surface area contributed by atoms with Crippen LogP contribution in [0.25, 0.3) is 10.3 Å². The highest BCUT2D eigenvalue weighted by molar-refractivity contribution is 7.92. The maximum absolute atomic E-state index is 13.5. The highest BCUT2D eigenvalue weighted by atomic mass is 32.2. The third-order valence-corrected chi connectivity index (χ3v) is 10.4. The maximum Gasteiger partial charge on any atom is 0.278 e. The lowest BCUT2D eigenvalue weighted by Crippen LogP contribution is -2.43. The Labute approximate surface area is 233 Å². The molecule has 0 radical (unpaired) electrons. The number of hydrogen-bond acceptors (Lipinski definition) is 10. The van der Waals surface area contributed by atoms with Crippen LogP contribution in [0.15, 0.2) is 46.4 Å². The SMILES string of the molecule is CN(C)C(C)(C)COc1ccc2nc(NC(=O)/C(=N/N3CCCC3)c3ccc(S(=O)(=O)C4CC4)cc3)sc2n1. The Morgan fingerprint density at radius 2 is 1.82 bits per heavy atom. The molecule has 208 valence electrons. The average Bonchev–Trinajstić information content (AvgIpc) is 3.51. The van der Waals surface area contributed by atoms with E-state index in [1.54, 1.807) is 30.3 Å². The quantitative estimate of drug-likeness (QED) is 0.366. The number of benzene rings is 1. The number of amides is 1. The first-order valence-corrected chi connectivity index (χ1v) is 15.5. The fraction of sp³-hybridized carbons (Fsp3) is 0.481. The Kier molecular flexibility index (Phi) is 7.62. The number of carbonyl (C=O) groups is 1. The minimum absolute atomic E-state index is 0.158. The zero-order valence-electron chi connectivity index (χ0n) is 22.7. The van der Waals surface area contributed by atoms with Crippen LogP contribution in [0.1, 0.15) is 45.1 Å². The number of thiazole rings is 1. The van der Waals surface area contributed by atoms with Gasteiger partial charge in [-0.15, -0.1) is 0 Å². The van der Waals surface area contributed by atoms with Gasteiger partial charge in [0, 0.05) is 30.3 Å². The molecule has 0 spiro atoms. The van der Waals surface area contributed by atoms with Crippen molar-refractivity contribution < 1.29 is 17.9 Å². The topological polar surface area (TPSA) is 117 Å². The van der Waals surface area contributed by atoms with Crippen molar-refractivity contribution >= 4 is 48.3 Å². The molecule has 3 aromatic rings. The van der Waals surface area contributed by atoms with E-state index in [1.165, 1.54) is 11.3 Å². The Morgan fingerprint density at radius 3 is 2.46 bits per heavy atom. The Hall–Kier alpha value is -3.09. The van der Waals surface area contributed by atoms with Crippen molar-refractivity contribution in [1.82, 2.24) is 19.9 Å². The molecule has 2 aliphatic rings. The molecule has 1 aromatic carbocycles. The first-order valence-electron chi connectivity index (χ1n) is 13.1. The van der Waals surface area contributed by atoms with Crippen LogP contribution in [0.2, 0.25) is 0 Å². The number of fused-ring (bicyclic) bond motifs is 1. The largest absolute Gasteiger partial charge is 0.476 e. The zero-order chi connectivity index (χ0) is 27.8. The summed E-state index contributed by atoms with van der Waals surface area (Å²) in [6.45, 7) is 6.18. The normalized spacial score (nSPS) is 16.7. The van der Waals surface area contributed by atoms with Crippen molar-refractivity contribution in [2.75, 3.05) is 39.1 Å². The number of aromatic nitrogens is 2. The molecule has 3 heterocycles. The van der Waals surface area contributed by atoms with Gasteiger partial charge in [-0.3, -0.25) is 15.1 Å². The number of anilines is 1. The summed E-state index contributed by atoms with van der Waals surface area (Å²) >= 11 is 1.26. The first kappa shape index (κ1) is 27.5. The second-order valence-electron chi connectivity index (χ2n) is 10.8. The van der Waals surface area contributed by atoms with Crippen molar-refractivity contribution in [3.63, 3.8) is 0 Å². The van der Waals surface area contributed by atoms with Crippen LogP contribution in [0.4, 0.5) is 5.13 Å². The van der Waals surface area contributed by atoms with Gasteiger partial charge in [-0.05, 0) is 71.8 Å². The first-order chi connectivity index (χ1) is 18.5. The van der Waals surface area contributed by atoms with E-state index < -0.39 is 15.7 Å². The lowest BCUT2D eigenvalue weighted by Gasteiger charge is -2.31. The van der Waals surface area contributed by atoms with Gasteiger partial charge in [0.05, 0.1) is 10.1 Å². The molecule has 1 aliphatic carbocycles. The van der Waals surface area contributed by atoms with Gasteiger partial charge in [0.25, 0.3) is 5.91 Å². The average molecular weight is 571 g/mol. The predicted octanol–water partition coefficient (Wildman–Crippen LogP) is 3.79. The fourth-order valence-electron chi connectivity index (χ4n) is 4.02. The number of sulfone groups is 1. The van der Waals surface area contributed by atoms with Gasteiger partial charge in [-0.1, -0.05) is 23.5 Å². The van der Waals surface area contributed by atoms with Crippen LogP contribution in [0, 0.1) is 0 Å². The standard InChI is InChI=1S/C27H34N6O4S2/c1-27(2,32(3)4)17-37-22-14-13-21-25(29-22)38-26(28-21)30-24(34)23(31-33-15-5-6-16-33)18-7-9-19(10-8-18)39(35,36)20-11-12-20/h7-10,13-14,20H,5-6,11-12,15-17H2,1-4H3,(H,28,30,34)/b31-23+. The number of nitrogens with one attached hydrogen (secondary N) is 1. The van der Waals surface area contributed by atoms with Crippen molar-refractivity contribution in [3.8, 4) is 5.88 Å². The molecule has 5 rings (SSSR count). The molecule has 12 heteroatoms. The lowest BCUT2D eigenvalue weighted by atomic mass is 10.1. The van der Waals surface area contributed by atoms with Crippen molar-refractivity contribution in [1.29, 1.82) is 0 Å². The Balaban J connectivity index is 1.35. The van der Waals surface area contributed by atoms with E-state index in [-0.39, 0.29) is 21.4 Å². The summed E-state index contributed by atoms with van der Waals surface area (Å²) in [7, 11) is 0.694. The maximum atomic E-state index is 13.5. The number of rotatable bonds is 10. The van der Waals surface area contributed by atoms with Gasteiger partial charge in [0.1, 0.15) is 17.0 Å². The zero-order valence-corrected chi connectivity index (χ0v) is 24.3. The highest BCUT2D eigenvalue weighted by Gasteiger charge is 2.37. The number of likely N-dealkylation sites (N-methyl/N-ethyl adjacent to an activating group) is 1. The van der Waals surface area contributed by atoms with Gasteiger partial charge >= 0.3 is 0 Å². The summed E-state index contributed by atoms with van der Waals surface area (Å²) in [4.78, 5) is 25.6. The van der Waals surface area contributed by atoms with Crippen molar-refractivity contribution in [3.05, 3.63) is 42.0 Å². The second kappa shape index (κ2) is 10.8. The van der Waals surface area contributed by atoms with E-state index in [0.29, 0.717) is 46.4 Å². The molecule has 1 saturated heterocycles. The molecule has 1 saturated carbocycles. The molecule has 1 amide bonds. The Bertz CT molecular complexity index is 1490. The second-order valence-corrected chi connectivity index (χ2v) is 14.0. The van der Waals surface area contributed by atoms with E-state index in [0.717, 1.165) is 25.9 Å². The van der Waals surface area contributed by atoms with E-state index >= 15 is 0 Å². The molecule has 2 fully saturated rings. The molecular weight excluding hydrogens is 536 g/mol. The molecule has 2 aromatic heterocycles. The van der Waals surface area contributed by atoms with E-state index in [2.05, 4.69) is 39.1 Å². The van der Waals surface area contributed by atoms with Gasteiger partial charge in [0.2, 0.25) is 5.88 Å². The number of hydrazone groups is 1. The molecule has 0 unspecified atom stereocenters. The van der Waals surface area contributed by atoms with Crippen LogP contribution in [0.3, 0.4) is 0 Å². The summed E-state index contributed by atoms with van der Waals surface area (Å²) in [6, 6.07) is 10.0. The van der Waals surface area contributed by atoms with Gasteiger partial charge in [0.15, 0.2) is 20.7 Å². The van der Waals surface area contributed by atoms with Crippen molar-refractivity contribution in [2.24, 2.45) is 5.10 Å².